The molecular formula is C26H35O5P. The van der Waals surface area contributed by atoms with Crippen LogP contribution in [0.15, 0.2) is 30.3 Å². The molecule has 5 nitrogen and oxygen atoms in total. The van der Waals surface area contributed by atoms with Gasteiger partial charge in [-0.15, -0.1) is 0 Å². The molecule has 0 saturated carbocycles. The number of rotatable bonds is 8. The highest BCUT2D eigenvalue weighted by Gasteiger charge is 2.46. The van der Waals surface area contributed by atoms with E-state index < -0.39 is 23.8 Å². The second kappa shape index (κ2) is 9.62. The normalized spacial score (nSPS) is 14.4. The van der Waals surface area contributed by atoms with E-state index in [1.165, 1.54) is 20.3 Å². The lowest BCUT2D eigenvalue weighted by molar-refractivity contribution is 0.103. The topological polar surface area (TPSA) is 69.7 Å². The van der Waals surface area contributed by atoms with Gasteiger partial charge < -0.3 is 14.0 Å². The van der Waals surface area contributed by atoms with Gasteiger partial charge in [0, 0.05) is 17.3 Å². The Bertz CT molecular complexity index is 1060. The predicted molar refractivity (Wildman–Crippen MR) is 130 cm³/mol. The number of hydrogen-bond acceptors (Lipinski definition) is 5. The van der Waals surface area contributed by atoms with Crippen LogP contribution in [0.5, 0.6) is 11.5 Å². The smallest absolute Gasteiger partial charge is 0.232 e. The quantitative estimate of drug-likeness (QED) is 0.409. The van der Waals surface area contributed by atoms with E-state index in [1.54, 1.807) is 19.1 Å². The molecular weight excluding hydrogens is 423 g/mol. The first-order valence-electron chi connectivity index (χ1n) is 10.9. The van der Waals surface area contributed by atoms with E-state index in [2.05, 4.69) is 20.8 Å². The van der Waals surface area contributed by atoms with Crippen molar-refractivity contribution in [1.82, 2.24) is 0 Å². The van der Waals surface area contributed by atoms with Crippen LogP contribution in [0.3, 0.4) is 0 Å². The van der Waals surface area contributed by atoms with Gasteiger partial charge >= 0.3 is 0 Å². The molecule has 0 aliphatic heterocycles. The largest absolute Gasteiger partial charge is 0.497 e. The molecule has 0 bridgehead atoms. The van der Waals surface area contributed by atoms with E-state index >= 15 is 0 Å². The molecule has 2 aromatic carbocycles. The van der Waals surface area contributed by atoms with Crippen molar-refractivity contribution < 1.29 is 23.6 Å². The Balaban J connectivity index is 2.71. The number of hydrogen-bond donors (Lipinski definition) is 0. The monoisotopic (exact) mass is 458 g/mol. The second-order valence-electron chi connectivity index (χ2n) is 9.33. The molecule has 0 amide bonds. The fraction of sp³-hybridized carbons (Fsp3) is 0.462. The zero-order valence-electron chi connectivity index (χ0n) is 20.7. The highest BCUT2D eigenvalue weighted by molar-refractivity contribution is 7.95. The highest BCUT2D eigenvalue weighted by Crippen LogP contribution is 2.58. The van der Waals surface area contributed by atoms with Gasteiger partial charge in [0.1, 0.15) is 11.5 Å². The molecule has 2 aromatic rings. The molecule has 0 fully saturated rings. The van der Waals surface area contributed by atoms with Gasteiger partial charge in [-0.05, 0) is 54.5 Å². The van der Waals surface area contributed by atoms with Crippen molar-refractivity contribution in [2.24, 2.45) is 0 Å². The van der Waals surface area contributed by atoms with Crippen molar-refractivity contribution in [3.63, 3.8) is 0 Å². The highest BCUT2D eigenvalue weighted by atomic mass is 31.2. The summed E-state index contributed by atoms with van der Waals surface area (Å²) in [7, 11) is -1.07. The SMILES string of the molecule is CCC(C)P(=O)(C(=O)c1ccc(OC)cc1OC)C(=O)c1c(C)cc(C(C)(C)C)cc1C. The van der Waals surface area contributed by atoms with Gasteiger partial charge in [-0.25, -0.2) is 0 Å². The Kier molecular flexibility index (Phi) is 7.78. The Labute approximate surface area is 191 Å². The lowest BCUT2D eigenvalue weighted by Crippen LogP contribution is -2.22. The van der Waals surface area contributed by atoms with Crippen molar-refractivity contribution >= 4 is 18.2 Å². The molecule has 0 radical (unpaired) electrons. The summed E-state index contributed by atoms with van der Waals surface area (Å²) in [6.45, 7) is 13.5. The molecule has 0 heterocycles. The fourth-order valence-corrected chi connectivity index (χ4v) is 6.53. The lowest BCUT2D eigenvalue weighted by Gasteiger charge is -2.26. The van der Waals surface area contributed by atoms with Crippen molar-refractivity contribution in [3.8, 4) is 11.5 Å². The lowest BCUT2D eigenvalue weighted by atomic mass is 9.84. The molecule has 0 aliphatic rings. The molecule has 6 heteroatoms. The molecule has 0 N–H and O–H groups in total. The van der Waals surface area contributed by atoms with Crippen LogP contribution in [0, 0.1) is 13.8 Å². The molecule has 174 valence electrons. The molecule has 2 atom stereocenters. The molecule has 2 rings (SSSR count). The molecule has 0 aromatic heterocycles. The number of benzene rings is 2. The van der Waals surface area contributed by atoms with E-state index in [0.717, 1.165) is 16.7 Å². The predicted octanol–water partition coefficient (Wildman–Crippen LogP) is 6.76. The fourth-order valence-electron chi connectivity index (χ4n) is 3.80. The first-order valence-corrected chi connectivity index (χ1v) is 12.6. The van der Waals surface area contributed by atoms with Gasteiger partial charge in [0.15, 0.2) is 0 Å². The Morgan fingerprint density at radius 1 is 0.969 bits per heavy atom. The third kappa shape index (κ3) is 4.68. The summed E-state index contributed by atoms with van der Waals surface area (Å²) < 4.78 is 24.9. The summed E-state index contributed by atoms with van der Waals surface area (Å²) in [5.41, 5.74) is 1.12. The number of ether oxygens (including phenoxy) is 2. The van der Waals surface area contributed by atoms with Crippen LogP contribution in [-0.2, 0) is 9.98 Å². The minimum Gasteiger partial charge on any atom is -0.497 e. The van der Waals surface area contributed by atoms with Crippen LogP contribution in [-0.4, -0.2) is 30.9 Å². The van der Waals surface area contributed by atoms with Crippen LogP contribution in [0.2, 0.25) is 0 Å². The van der Waals surface area contributed by atoms with E-state index in [4.69, 9.17) is 9.47 Å². The van der Waals surface area contributed by atoms with Gasteiger partial charge in [0.25, 0.3) is 0 Å². The van der Waals surface area contributed by atoms with Gasteiger partial charge in [-0.1, -0.05) is 46.8 Å². The summed E-state index contributed by atoms with van der Waals surface area (Å²) in [6, 6.07) is 8.60. The summed E-state index contributed by atoms with van der Waals surface area (Å²) in [5.74, 6) is 0.745. The van der Waals surface area contributed by atoms with Crippen LogP contribution in [0.25, 0.3) is 0 Å². The van der Waals surface area contributed by atoms with E-state index in [9.17, 15) is 14.2 Å². The van der Waals surface area contributed by atoms with Crippen molar-refractivity contribution in [1.29, 1.82) is 0 Å². The maximum Gasteiger partial charge on any atom is 0.232 e. The third-order valence-electron chi connectivity index (χ3n) is 6.07. The molecule has 0 aliphatic carbocycles. The maximum absolute atomic E-state index is 14.4. The standard InChI is InChI=1S/C26H35O5P/c1-10-18(4)32(29,24(27)21-12-11-20(30-8)15-22(21)31-9)25(28)23-16(2)13-19(14-17(23)3)26(5,6)7/h11-15,18H,10H2,1-9H3. The molecule has 32 heavy (non-hydrogen) atoms. The number of aryl methyl sites for hydroxylation is 2. The number of methoxy groups -OCH3 is 2. The van der Waals surface area contributed by atoms with Crippen LogP contribution < -0.4 is 9.47 Å². The van der Waals surface area contributed by atoms with Crippen molar-refractivity contribution in [3.05, 3.63) is 58.1 Å². The molecule has 0 spiro atoms. The Morgan fingerprint density at radius 3 is 1.97 bits per heavy atom. The Morgan fingerprint density at radius 2 is 1.53 bits per heavy atom. The summed E-state index contributed by atoms with van der Waals surface area (Å²) in [6.07, 6.45) is 0.436. The van der Waals surface area contributed by atoms with E-state index in [-0.39, 0.29) is 16.7 Å². The zero-order valence-corrected chi connectivity index (χ0v) is 21.6. The zero-order chi connectivity index (χ0) is 24.4. The van der Waals surface area contributed by atoms with Crippen LogP contribution in [0.4, 0.5) is 0 Å². The van der Waals surface area contributed by atoms with Gasteiger partial charge in [-0.2, -0.15) is 0 Å². The first-order chi connectivity index (χ1) is 14.8. The third-order valence-corrected chi connectivity index (χ3v) is 9.34. The van der Waals surface area contributed by atoms with Crippen LogP contribution in [0.1, 0.15) is 78.4 Å². The molecule has 2 unspecified atom stereocenters. The average Bonchev–Trinajstić information content (AvgIpc) is 2.75. The number of carbonyl (C=O) groups is 2. The summed E-state index contributed by atoms with van der Waals surface area (Å²) in [5, 5.41) is 0. The first kappa shape index (κ1) is 25.9. The average molecular weight is 459 g/mol. The van der Waals surface area contributed by atoms with Gasteiger partial charge in [0.2, 0.25) is 18.2 Å². The van der Waals surface area contributed by atoms with Crippen LogP contribution >= 0.6 is 7.14 Å². The van der Waals surface area contributed by atoms with Gasteiger partial charge in [0.05, 0.1) is 19.8 Å². The number of carbonyl (C=O) groups excluding carboxylic acids is 2. The molecule has 0 saturated heterocycles. The van der Waals surface area contributed by atoms with E-state index in [1.807, 2.05) is 32.9 Å². The van der Waals surface area contributed by atoms with Crippen molar-refractivity contribution in [2.75, 3.05) is 14.2 Å². The van der Waals surface area contributed by atoms with Gasteiger partial charge in [-0.3, -0.25) is 9.59 Å². The minimum atomic E-state index is -4.01. The summed E-state index contributed by atoms with van der Waals surface area (Å²) in [4.78, 5) is 27.6. The minimum absolute atomic E-state index is 0.0935. The second-order valence-corrected chi connectivity index (χ2v) is 12.3. The Hall–Kier alpha value is -2.39. The van der Waals surface area contributed by atoms with E-state index in [0.29, 0.717) is 17.7 Å². The maximum atomic E-state index is 14.4. The van der Waals surface area contributed by atoms with Crippen molar-refractivity contribution in [2.45, 2.75) is 66.0 Å². The summed E-state index contributed by atoms with van der Waals surface area (Å²) >= 11 is 0.